The fourth-order valence-electron chi connectivity index (χ4n) is 9.93. The Kier molecular flexibility index (Phi) is 13.1. The second kappa shape index (κ2) is 18.6. The summed E-state index contributed by atoms with van der Waals surface area (Å²) in [5.41, 5.74) is 15.7. The molecule has 0 fully saturated rings. The molecule has 3 heterocycles. The van der Waals surface area contributed by atoms with Crippen molar-refractivity contribution in [2.45, 2.75) is 131 Å². The molecule has 3 aromatic heterocycles. The second-order valence-electron chi connectivity index (χ2n) is 25.1. The Morgan fingerprint density at radius 2 is 0.878 bits per heavy atom. The molecule has 0 aliphatic rings. The SMILES string of the molecule is CC(C)(C)c1cc(-c2ncnc(-c3cccc4c5ccccc5n(-c5cc(C(C)(C)C)cc(C(C)(C)C)c5)c34)n2)[c-]c(-c2cccc3c2nc(-c2ccccc2O)n3-c2cc(C(C)(C)C)cc(C(C)(C)C)c2)c1.[Pt]. The summed E-state index contributed by atoms with van der Waals surface area (Å²) in [6, 6.07) is 51.2. The van der Waals surface area contributed by atoms with Gasteiger partial charge in [0.05, 0.1) is 33.5 Å². The Morgan fingerprint density at radius 3 is 1.47 bits per heavy atom. The summed E-state index contributed by atoms with van der Waals surface area (Å²) >= 11 is 0. The van der Waals surface area contributed by atoms with E-state index < -0.39 is 0 Å². The van der Waals surface area contributed by atoms with Crippen LogP contribution in [0.25, 0.3) is 89.5 Å². The number of aromatic nitrogens is 6. The largest absolute Gasteiger partial charge is 0.507 e. The van der Waals surface area contributed by atoms with E-state index in [1.165, 1.54) is 27.6 Å². The molecule has 0 spiro atoms. The molecule has 74 heavy (non-hydrogen) atoms. The molecule has 0 bridgehead atoms. The van der Waals surface area contributed by atoms with Crippen LogP contribution in [0, 0.1) is 6.07 Å². The number of fused-ring (bicyclic) bond motifs is 4. The van der Waals surface area contributed by atoms with Gasteiger partial charge in [-0.05, 0) is 104 Å². The number of rotatable bonds is 6. The first-order chi connectivity index (χ1) is 34.3. The van der Waals surface area contributed by atoms with E-state index in [2.05, 4.69) is 228 Å². The molecule has 0 aliphatic heterocycles. The number of hydrogen-bond acceptors (Lipinski definition) is 5. The number of aromatic hydroxyl groups is 1. The second-order valence-corrected chi connectivity index (χ2v) is 25.1. The normalized spacial score (nSPS) is 12.7. The number of phenolic OH excluding ortho intramolecular Hbond substituents is 1. The summed E-state index contributed by atoms with van der Waals surface area (Å²) in [4.78, 5) is 20.7. The maximum atomic E-state index is 11.5. The van der Waals surface area contributed by atoms with Crippen LogP contribution in [0.15, 0.2) is 140 Å². The van der Waals surface area contributed by atoms with Gasteiger partial charge in [-0.25, -0.2) is 15.0 Å². The van der Waals surface area contributed by atoms with Crippen molar-refractivity contribution in [3.05, 3.63) is 174 Å². The number of para-hydroxylation sites is 4. The molecule has 0 amide bonds. The van der Waals surface area contributed by atoms with E-state index in [0.717, 1.165) is 66.6 Å². The van der Waals surface area contributed by atoms with Gasteiger partial charge < -0.3 is 9.67 Å². The minimum Gasteiger partial charge on any atom is -0.507 e. The van der Waals surface area contributed by atoms with Crippen molar-refractivity contribution >= 4 is 32.8 Å². The Morgan fingerprint density at radius 1 is 0.419 bits per heavy atom. The zero-order valence-electron chi connectivity index (χ0n) is 45.7. The molecule has 10 rings (SSSR count). The molecular formula is C66H69N6OPt-. The molecule has 10 aromatic rings. The smallest absolute Gasteiger partial charge is 0.157 e. The Bertz CT molecular complexity index is 3720. The van der Waals surface area contributed by atoms with Crippen LogP contribution in [0.1, 0.15) is 132 Å². The van der Waals surface area contributed by atoms with Crippen LogP contribution in [-0.2, 0) is 48.1 Å². The Labute approximate surface area is 452 Å². The Balaban J connectivity index is 0.00000672. The average molecular weight is 1160 g/mol. The molecule has 7 aromatic carbocycles. The number of benzene rings is 7. The standard InChI is InChI=1S/C66H69N6O.Pt/c1-62(2,3)42-31-40(49-24-21-28-55-57(49)69-61(52-23-17-19-29-56(52)73)72(55)48-37-45(65(10,11)12)34-46(38-48)66(13,14)15)30-41(32-42)59-67-39-68-60(70-59)53-26-20-25-51-50-22-16-18-27-54(50)71(58(51)53)47-35-43(63(4,5)6)33-44(36-47)64(7,8)9;/h16-29,31-39,73H,1-15H3;/q-1;. The van der Waals surface area contributed by atoms with Crippen molar-refractivity contribution < 1.29 is 26.2 Å². The van der Waals surface area contributed by atoms with E-state index in [9.17, 15) is 5.11 Å². The maximum Gasteiger partial charge on any atom is 0.157 e. The van der Waals surface area contributed by atoms with Crippen LogP contribution in [0.2, 0.25) is 0 Å². The molecular weight excluding hydrogens is 1090 g/mol. The molecule has 0 radical (unpaired) electrons. The van der Waals surface area contributed by atoms with Crippen molar-refractivity contribution in [1.29, 1.82) is 0 Å². The molecule has 7 nitrogen and oxygen atoms in total. The van der Waals surface area contributed by atoms with Crippen LogP contribution in [0.4, 0.5) is 0 Å². The van der Waals surface area contributed by atoms with Gasteiger partial charge in [-0.2, -0.15) is 0 Å². The van der Waals surface area contributed by atoms with Crippen LogP contribution in [0.5, 0.6) is 5.75 Å². The van der Waals surface area contributed by atoms with E-state index in [1.807, 2.05) is 18.2 Å². The summed E-state index contributed by atoms with van der Waals surface area (Å²) in [5, 5.41) is 13.8. The summed E-state index contributed by atoms with van der Waals surface area (Å²) in [6.45, 7) is 34.0. The average Bonchev–Trinajstić information content (AvgIpc) is 3.89. The van der Waals surface area contributed by atoms with Gasteiger partial charge in [0.25, 0.3) is 0 Å². The first-order valence-electron chi connectivity index (χ1n) is 25.7. The van der Waals surface area contributed by atoms with Gasteiger partial charge in [-0.15, -0.1) is 29.3 Å². The van der Waals surface area contributed by atoms with Crippen molar-refractivity contribution in [2.75, 3.05) is 0 Å². The molecule has 0 atom stereocenters. The van der Waals surface area contributed by atoms with Crippen molar-refractivity contribution in [3.8, 4) is 62.4 Å². The summed E-state index contributed by atoms with van der Waals surface area (Å²) < 4.78 is 4.62. The zero-order chi connectivity index (χ0) is 52.2. The van der Waals surface area contributed by atoms with Crippen molar-refractivity contribution in [2.24, 2.45) is 0 Å². The fraction of sp³-hybridized carbons (Fsp3) is 0.303. The molecule has 1 N–H and O–H groups in total. The topological polar surface area (TPSA) is 81.7 Å². The quantitative estimate of drug-likeness (QED) is 0.168. The number of hydrogen-bond donors (Lipinski definition) is 1. The minimum atomic E-state index is -0.237. The van der Waals surface area contributed by atoms with E-state index in [0.29, 0.717) is 23.0 Å². The molecule has 380 valence electrons. The molecule has 0 aliphatic carbocycles. The van der Waals surface area contributed by atoms with Gasteiger partial charge >= 0.3 is 0 Å². The Hall–Kier alpha value is -6.69. The van der Waals surface area contributed by atoms with E-state index in [-0.39, 0.29) is 53.9 Å². The predicted molar refractivity (Wildman–Crippen MR) is 305 cm³/mol. The number of imidazole rings is 1. The summed E-state index contributed by atoms with van der Waals surface area (Å²) in [6.07, 6.45) is 1.64. The van der Waals surface area contributed by atoms with E-state index in [1.54, 1.807) is 12.4 Å². The van der Waals surface area contributed by atoms with Crippen LogP contribution in [-0.4, -0.2) is 34.2 Å². The first-order valence-corrected chi connectivity index (χ1v) is 25.7. The fourth-order valence-corrected chi connectivity index (χ4v) is 9.93. The van der Waals surface area contributed by atoms with Crippen LogP contribution in [0.3, 0.4) is 0 Å². The number of nitrogens with zero attached hydrogens (tertiary/aromatic N) is 6. The minimum absolute atomic E-state index is 0. The molecule has 0 saturated heterocycles. The van der Waals surface area contributed by atoms with E-state index >= 15 is 0 Å². The van der Waals surface area contributed by atoms with Gasteiger partial charge in [-0.3, -0.25) is 9.55 Å². The van der Waals surface area contributed by atoms with Gasteiger partial charge in [0.2, 0.25) is 0 Å². The first kappa shape index (κ1) is 52.2. The van der Waals surface area contributed by atoms with E-state index in [4.69, 9.17) is 19.9 Å². The third-order valence-electron chi connectivity index (χ3n) is 14.4. The van der Waals surface area contributed by atoms with Crippen LogP contribution < -0.4 is 0 Å². The number of phenols is 1. The predicted octanol–water partition coefficient (Wildman–Crippen LogP) is 17.0. The third-order valence-corrected chi connectivity index (χ3v) is 14.4. The zero-order valence-corrected chi connectivity index (χ0v) is 48.0. The molecule has 0 saturated carbocycles. The van der Waals surface area contributed by atoms with Crippen LogP contribution >= 0.6 is 0 Å². The van der Waals surface area contributed by atoms with Gasteiger partial charge in [0.15, 0.2) is 5.82 Å². The van der Waals surface area contributed by atoms with Gasteiger partial charge in [0, 0.05) is 48.8 Å². The van der Waals surface area contributed by atoms with Crippen molar-refractivity contribution in [3.63, 3.8) is 0 Å². The third kappa shape index (κ3) is 9.65. The van der Waals surface area contributed by atoms with Crippen molar-refractivity contribution in [1.82, 2.24) is 29.1 Å². The van der Waals surface area contributed by atoms with Gasteiger partial charge in [-0.1, -0.05) is 182 Å². The monoisotopic (exact) mass is 1160 g/mol. The summed E-state index contributed by atoms with van der Waals surface area (Å²) in [5.74, 6) is 1.94. The summed E-state index contributed by atoms with van der Waals surface area (Å²) in [7, 11) is 0. The molecule has 0 unspecified atom stereocenters. The van der Waals surface area contributed by atoms with Gasteiger partial charge in [0.1, 0.15) is 17.9 Å². The molecule has 8 heteroatoms. The maximum absolute atomic E-state index is 11.5.